The molecule has 0 saturated carbocycles. The summed E-state index contributed by atoms with van der Waals surface area (Å²) in [6, 6.07) is 7.45. The van der Waals surface area contributed by atoms with Crippen molar-refractivity contribution in [1.82, 2.24) is 15.0 Å². The van der Waals surface area contributed by atoms with E-state index in [4.69, 9.17) is 13.4 Å². The van der Waals surface area contributed by atoms with Crippen LogP contribution in [0, 0.1) is 0 Å². The van der Waals surface area contributed by atoms with Crippen molar-refractivity contribution in [3.8, 4) is 11.6 Å². The number of rotatable bonds is 5. The minimum absolute atomic E-state index is 0.0634. The average molecular weight is 301 g/mol. The molecule has 116 valence electrons. The summed E-state index contributed by atoms with van der Waals surface area (Å²) in [6.07, 6.45) is 3.27. The second kappa shape index (κ2) is 5.81. The van der Waals surface area contributed by atoms with Gasteiger partial charge in [-0.1, -0.05) is 5.16 Å². The first-order valence-electron chi connectivity index (χ1n) is 7.16. The second-order valence-corrected chi connectivity index (χ2v) is 6.10. The minimum atomic E-state index is -0.0634. The molecule has 3 rings (SSSR count). The van der Waals surface area contributed by atoms with Gasteiger partial charge in [-0.05, 0) is 45.0 Å². The molecule has 3 aromatic heterocycles. The molecular formula is C16H19N3O3. The molecule has 0 aliphatic carbocycles. The quantitative estimate of drug-likeness (QED) is 0.715. The van der Waals surface area contributed by atoms with E-state index in [-0.39, 0.29) is 5.54 Å². The molecule has 0 aromatic carbocycles. The predicted molar refractivity (Wildman–Crippen MR) is 79.7 cm³/mol. The lowest BCUT2D eigenvalue weighted by Crippen LogP contribution is -2.40. The monoisotopic (exact) mass is 301 g/mol. The zero-order valence-electron chi connectivity index (χ0n) is 12.9. The van der Waals surface area contributed by atoms with Crippen molar-refractivity contribution < 1.29 is 13.4 Å². The van der Waals surface area contributed by atoms with Crippen molar-refractivity contribution in [3.63, 3.8) is 0 Å². The van der Waals surface area contributed by atoms with Crippen molar-refractivity contribution in [3.05, 3.63) is 48.4 Å². The van der Waals surface area contributed by atoms with Gasteiger partial charge in [-0.2, -0.15) is 4.98 Å². The molecule has 3 aromatic rings. The zero-order chi connectivity index (χ0) is 15.6. The van der Waals surface area contributed by atoms with E-state index in [9.17, 15) is 0 Å². The Morgan fingerprint density at radius 3 is 2.45 bits per heavy atom. The van der Waals surface area contributed by atoms with E-state index in [0.29, 0.717) is 30.6 Å². The highest BCUT2D eigenvalue weighted by atomic mass is 16.5. The van der Waals surface area contributed by atoms with Gasteiger partial charge in [0.15, 0.2) is 5.76 Å². The van der Waals surface area contributed by atoms with E-state index in [2.05, 4.69) is 35.8 Å². The van der Waals surface area contributed by atoms with Crippen LogP contribution < -0.4 is 0 Å². The largest absolute Gasteiger partial charge is 0.468 e. The summed E-state index contributed by atoms with van der Waals surface area (Å²) in [4.78, 5) is 6.61. The van der Waals surface area contributed by atoms with Gasteiger partial charge in [0.2, 0.25) is 11.7 Å². The molecule has 0 fully saturated rings. The molecule has 22 heavy (non-hydrogen) atoms. The molecule has 0 saturated heterocycles. The highest BCUT2D eigenvalue weighted by Crippen LogP contribution is 2.22. The summed E-state index contributed by atoms with van der Waals surface area (Å²) >= 11 is 0. The van der Waals surface area contributed by atoms with E-state index < -0.39 is 0 Å². The number of nitrogens with zero attached hydrogens (tertiary/aromatic N) is 3. The van der Waals surface area contributed by atoms with E-state index in [1.807, 2.05) is 12.1 Å². The lowest BCUT2D eigenvalue weighted by Gasteiger charge is -2.33. The first kappa shape index (κ1) is 14.6. The van der Waals surface area contributed by atoms with Crippen LogP contribution in [0.5, 0.6) is 0 Å². The van der Waals surface area contributed by atoms with Crippen molar-refractivity contribution in [2.24, 2.45) is 0 Å². The van der Waals surface area contributed by atoms with Crippen LogP contribution in [0.4, 0.5) is 0 Å². The average Bonchev–Trinajstić information content (AvgIpc) is 3.20. The van der Waals surface area contributed by atoms with Gasteiger partial charge < -0.3 is 13.4 Å². The molecule has 3 heterocycles. The van der Waals surface area contributed by atoms with Crippen molar-refractivity contribution in [1.29, 1.82) is 0 Å². The van der Waals surface area contributed by atoms with Crippen LogP contribution in [0.1, 0.15) is 32.4 Å². The molecule has 0 radical (unpaired) electrons. The Labute approximate surface area is 128 Å². The molecule has 0 atom stereocenters. The SMILES string of the molecule is CC(C)(C)N(Cc1ccco1)Cc1nc(-c2ccco2)no1. The standard InChI is InChI=1S/C16H19N3O3/c1-16(2,3)19(10-12-6-4-8-20-12)11-14-17-15(18-22-14)13-7-5-9-21-13/h4-9H,10-11H2,1-3H3. The molecule has 0 N–H and O–H groups in total. The van der Waals surface area contributed by atoms with Gasteiger partial charge in [-0.15, -0.1) is 0 Å². The number of aromatic nitrogens is 2. The Kier molecular flexibility index (Phi) is 3.85. The topological polar surface area (TPSA) is 68.4 Å². The summed E-state index contributed by atoms with van der Waals surface area (Å²) in [5, 5.41) is 3.96. The third-order valence-electron chi connectivity index (χ3n) is 3.41. The van der Waals surface area contributed by atoms with Crippen molar-refractivity contribution in [2.75, 3.05) is 0 Å². The summed E-state index contributed by atoms with van der Waals surface area (Å²) < 4.78 is 16.1. The number of furan rings is 2. The van der Waals surface area contributed by atoms with Crippen molar-refractivity contribution in [2.45, 2.75) is 39.4 Å². The van der Waals surface area contributed by atoms with Crippen LogP contribution in [0.3, 0.4) is 0 Å². The van der Waals surface area contributed by atoms with Crippen molar-refractivity contribution >= 4 is 0 Å². The molecule has 0 unspecified atom stereocenters. The van der Waals surface area contributed by atoms with Gasteiger partial charge >= 0.3 is 0 Å². The van der Waals surface area contributed by atoms with Gasteiger partial charge in [0.05, 0.1) is 25.6 Å². The molecule has 6 nitrogen and oxygen atoms in total. The second-order valence-electron chi connectivity index (χ2n) is 6.10. The van der Waals surface area contributed by atoms with E-state index >= 15 is 0 Å². The Morgan fingerprint density at radius 2 is 1.82 bits per heavy atom. The molecule has 0 spiro atoms. The first-order chi connectivity index (χ1) is 10.5. The Morgan fingerprint density at radius 1 is 1.05 bits per heavy atom. The van der Waals surface area contributed by atoms with Gasteiger partial charge in [0.1, 0.15) is 5.76 Å². The summed E-state index contributed by atoms with van der Waals surface area (Å²) in [5.41, 5.74) is -0.0634. The van der Waals surface area contributed by atoms with Crippen LogP contribution in [0.15, 0.2) is 50.1 Å². The summed E-state index contributed by atoms with van der Waals surface area (Å²) in [5.74, 6) is 2.52. The fourth-order valence-electron chi connectivity index (χ4n) is 2.11. The third-order valence-corrected chi connectivity index (χ3v) is 3.41. The highest BCUT2D eigenvalue weighted by Gasteiger charge is 2.25. The van der Waals surface area contributed by atoms with Crippen LogP contribution in [0.25, 0.3) is 11.6 Å². The molecule has 0 amide bonds. The maximum Gasteiger partial charge on any atom is 0.241 e. The van der Waals surface area contributed by atoms with Gasteiger partial charge in [-0.3, -0.25) is 4.90 Å². The number of hydrogen-bond donors (Lipinski definition) is 0. The maximum atomic E-state index is 5.44. The number of hydrogen-bond acceptors (Lipinski definition) is 6. The van der Waals surface area contributed by atoms with Crippen LogP contribution in [-0.4, -0.2) is 20.6 Å². The zero-order valence-corrected chi connectivity index (χ0v) is 12.9. The Hall–Kier alpha value is -2.34. The normalized spacial score (nSPS) is 12.2. The van der Waals surface area contributed by atoms with Crippen LogP contribution >= 0.6 is 0 Å². The molecule has 0 aliphatic rings. The van der Waals surface area contributed by atoms with Crippen LogP contribution in [0.2, 0.25) is 0 Å². The smallest absolute Gasteiger partial charge is 0.241 e. The highest BCUT2D eigenvalue weighted by molar-refractivity contribution is 5.44. The lowest BCUT2D eigenvalue weighted by atomic mass is 10.1. The molecule has 0 bridgehead atoms. The molecule has 0 aliphatic heterocycles. The Bertz CT molecular complexity index is 693. The van der Waals surface area contributed by atoms with E-state index in [0.717, 1.165) is 5.76 Å². The van der Waals surface area contributed by atoms with Gasteiger partial charge in [0, 0.05) is 5.54 Å². The van der Waals surface area contributed by atoms with E-state index in [1.165, 1.54) is 0 Å². The fraction of sp³-hybridized carbons (Fsp3) is 0.375. The molecular weight excluding hydrogens is 282 g/mol. The fourth-order valence-corrected chi connectivity index (χ4v) is 2.11. The lowest BCUT2D eigenvalue weighted by molar-refractivity contribution is 0.0942. The minimum Gasteiger partial charge on any atom is -0.468 e. The van der Waals surface area contributed by atoms with Gasteiger partial charge in [-0.25, -0.2) is 0 Å². The Balaban J connectivity index is 1.76. The third kappa shape index (κ3) is 3.28. The van der Waals surface area contributed by atoms with E-state index in [1.54, 1.807) is 24.7 Å². The van der Waals surface area contributed by atoms with Gasteiger partial charge in [0.25, 0.3) is 0 Å². The predicted octanol–water partition coefficient (Wildman–Crippen LogP) is 3.72. The first-order valence-corrected chi connectivity index (χ1v) is 7.16. The molecule has 6 heteroatoms. The summed E-state index contributed by atoms with van der Waals surface area (Å²) in [6.45, 7) is 7.63. The van der Waals surface area contributed by atoms with Crippen LogP contribution in [-0.2, 0) is 13.1 Å². The maximum absolute atomic E-state index is 5.44. The summed E-state index contributed by atoms with van der Waals surface area (Å²) in [7, 11) is 0.